The van der Waals surface area contributed by atoms with Gasteiger partial charge in [0.15, 0.2) is 5.79 Å². The summed E-state index contributed by atoms with van der Waals surface area (Å²) >= 11 is 0. The number of carbonyl (C=O) groups is 1. The molecule has 0 amide bonds. The lowest BCUT2D eigenvalue weighted by Crippen LogP contribution is -2.65. The van der Waals surface area contributed by atoms with E-state index in [9.17, 15) is 23.8 Å². The van der Waals surface area contributed by atoms with Gasteiger partial charge in [-0.1, -0.05) is 0 Å². The molecule has 4 unspecified atom stereocenters. The van der Waals surface area contributed by atoms with Gasteiger partial charge < -0.3 is 24.4 Å². The molecule has 8 heteroatoms. The number of aliphatic hydroxyl groups is 2. The number of carbonyl (C=O) groups excluding carboxylic acids is 1. The standard InChI is InChI=1S/C17H24F2O6/c1-15(18,19)14(22)25-16-4-9-2-10(5-16)17(11(3-9)6-16)23-12(7-20)13(8-21)24-17/h9-13,20-21H,2-8H2,1H3. The van der Waals surface area contributed by atoms with E-state index in [0.29, 0.717) is 26.2 Å². The van der Waals surface area contributed by atoms with E-state index in [1.165, 1.54) is 0 Å². The zero-order valence-corrected chi connectivity index (χ0v) is 14.1. The maximum absolute atomic E-state index is 13.3. The Balaban J connectivity index is 1.58. The molecule has 0 aromatic carbocycles. The maximum Gasteiger partial charge on any atom is 0.377 e. The molecule has 142 valence electrons. The quantitative estimate of drug-likeness (QED) is 0.732. The highest BCUT2D eigenvalue weighted by atomic mass is 19.3. The molecule has 5 aliphatic rings. The molecule has 0 aromatic heterocycles. The number of alkyl halides is 2. The highest BCUT2D eigenvalue weighted by Gasteiger charge is 2.69. The summed E-state index contributed by atoms with van der Waals surface area (Å²) in [5.41, 5.74) is -0.878. The Kier molecular flexibility index (Phi) is 3.92. The van der Waals surface area contributed by atoms with Crippen LogP contribution in [0.2, 0.25) is 0 Å². The minimum absolute atomic E-state index is 0.0948. The van der Waals surface area contributed by atoms with E-state index < -0.39 is 35.5 Å². The molecule has 5 fully saturated rings. The Morgan fingerprint density at radius 3 is 2.08 bits per heavy atom. The first-order valence-electron chi connectivity index (χ1n) is 8.90. The fourth-order valence-corrected chi connectivity index (χ4v) is 5.61. The van der Waals surface area contributed by atoms with Gasteiger partial charge in [0.2, 0.25) is 0 Å². The van der Waals surface area contributed by atoms with Gasteiger partial charge in [0, 0.05) is 18.8 Å². The van der Waals surface area contributed by atoms with E-state index >= 15 is 0 Å². The predicted molar refractivity (Wildman–Crippen MR) is 79.6 cm³/mol. The summed E-state index contributed by atoms with van der Waals surface area (Å²) in [7, 11) is 0. The van der Waals surface area contributed by atoms with Crippen LogP contribution < -0.4 is 0 Å². The van der Waals surface area contributed by atoms with E-state index in [-0.39, 0.29) is 31.0 Å². The maximum atomic E-state index is 13.3. The lowest BCUT2D eigenvalue weighted by atomic mass is 9.51. The Morgan fingerprint density at radius 2 is 1.64 bits per heavy atom. The Labute approximate surface area is 144 Å². The van der Waals surface area contributed by atoms with Crippen LogP contribution in [0, 0.1) is 17.8 Å². The summed E-state index contributed by atoms with van der Waals surface area (Å²) in [5.74, 6) is -5.80. The molecular formula is C17H24F2O6. The zero-order chi connectivity index (χ0) is 18.0. The van der Waals surface area contributed by atoms with Crippen molar-refractivity contribution in [3.05, 3.63) is 0 Å². The molecule has 0 radical (unpaired) electrons. The van der Waals surface area contributed by atoms with E-state index in [4.69, 9.17) is 14.2 Å². The van der Waals surface area contributed by atoms with Crippen molar-refractivity contribution in [1.82, 2.24) is 0 Å². The van der Waals surface area contributed by atoms with Gasteiger partial charge in [0.05, 0.1) is 13.2 Å². The third kappa shape index (κ3) is 2.60. The van der Waals surface area contributed by atoms with Crippen molar-refractivity contribution < 1.29 is 38.0 Å². The number of hydrogen-bond donors (Lipinski definition) is 2. The van der Waals surface area contributed by atoms with Gasteiger partial charge in [-0.3, -0.25) is 0 Å². The summed E-state index contributed by atoms with van der Waals surface area (Å²) < 4.78 is 44.1. The number of rotatable bonds is 4. The van der Waals surface area contributed by atoms with Crippen molar-refractivity contribution in [2.24, 2.45) is 17.8 Å². The first-order chi connectivity index (χ1) is 11.7. The SMILES string of the molecule is CC(F)(F)C(=O)OC12CC3CC(C1)C1(OC(CO)C(CO)O1)C(C3)C2. The molecule has 2 N–H and O–H groups in total. The van der Waals surface area contributed by atoms with Crippen molar-refractivity contribution in [3.63, 3.8) is 0 Å². The largest absolute Gasteiger partial charge is 0.455 e. The van der Waals surface area contributed by atoms with Gasteiger partial charge in [-0.2, -0.15) is 8.78 Å². The molecule has 25 heavy (non-hydrogen) atoms. The highest BCUT2D eigenvalue weighted by molar-refractivity contribution is 5.77. The molecule has 4 bridgehead atoms. The van der Waals surface area contributed by atoms with Gasteiger partial charge in [-0.05, 0) is 38.0 Å². The average Bonchev–Trinajstić information content (AvgIpc) is 2.91. The van der Waals surface area contributed by atoms with Crippen molar-refractivity contribution in [3.8, 4) is 0 Å². The molecular weight excluding hydrogens is 338 g/mol. The normalized spacial score (nSPS) is 48.3. The summed E-state index contributed by atoms with van der Waals surface area (Å²) in [6.07, 6.45) is 1.87. The number of aliphatic hydroxyl groups excluding tert-OH is 2. The number of hydrogen-bond acceptors (Lipinski definition) is 6. The number of halogens is 2. The Morgan fingerprint density at radius 1 is 1.12 bits per heavy atom. The monoisotopic (exact) mass is 362 g/mol. The fourth-order valence-electron chi connectivity index (χ4n) is 5.61. The van der Waals surface area contributed by atoms with Crippen LogP contribution in [0.3, 0.4) is 0 Å². The number of esters is 1. The van der Waals surface area contributed by atoms with Crippen LogP contribution in [0.1, 0.15) is 39.0 Å². The minimum Gasteiger partial charge on any atom is -0.455 e. The van der Waals surface area contributed by atoms with Gasteiger partial charge in [0.1, 0.15) is 17.8 Å². The van der Waals surface area contributed by atoms with Crippen LogP contribution in [-0.4, -0.2) is 58.9 Å². The van der Waals surface area contributed by atoms with Crippen LogP contribution in [0.5, 0.6) is 0 Å². The highest BCUT2D eigenvalue weighted by Crippen LogP contribution is 2.64. The Hall–Kier alpha value is -0.830. The van der Waals surface area contributed by atoms with Gasteiger partial charge >= 0.3 is 11.9 Å². The van der Waals surface area contributed by atoms with Crippen molar-refractivity contribution in [1.29, 1.82) is 0 Å². The second-order valence-electron chi connectivity index (χ2n) is 8.20. The first kappa shape index (κ1) is 17.6. The van der Waals surface area contributed by atoms with Crippen LogP contribution in [-0.2, 0) is 19.0 Å². The molecule has 6 nitrogen and oxygen atoms in total. The van der Waals surface area contributed by atoms with Crippen molar-refractivity contribution in [2.45, 2.75) is 68.5 Å². The molecule has 4 aliphatic carbocycles. The third-order valence-corrected chi connectivity index (χ3v) is 6.38. The van der Waals surface area contributed by atoms with Crippen molar-refractivity contribution in [2.75, 3.05) is 13.2 Å². The smallest absolute Gasteiger partial charge is 0.377 e. The topological polar surface area (TPSA) is 85.2 Å². The van der Waals surface area contributed by atoms with E-state index in [1.54, 1.807) is 0 Å². The second-order valence-corrected chi connectivity index (χ2v) is 8.20. The molecule has 4 saturated carbocycles. The second kappa shape index (κ2) is 5.58. The molecule has 5 rings (SSSR count). The molecule has 1 saturated heterocycles. The first-order valence-corrected chi connectivity index (χ1v) is 8.90. The molecule has 4 atom stereocenters. The molecule has 1 aliphatic heterocycles. The van der Waals surface area contributed by atoms with E-state index in [0.717, 1.165) is 12.8 Å². The minimum atomic E-state index is -3.51. The zero-order valence-electron chi connectivity index (χ0n) is 14.1. The van der Waals surface area contributed by atoms with Crippen LogP contribution in [0.4, 0.5) is 8.78 Å². The molecule has 1 spiro atoms. The lowest BCUT2D eigenvalue weighted by molar-refractivity contribution is -0.326. The molecule has 1 heterocycles. The third-order valence-electron chi connectivity index (χ3n) is 6.38. The average molecular weight is 362 g/mol. The lowest BCUT2D eigenvalue weighted by Gasteiger charge is -2.62. The van der Waals surface area contributed by atoms with Crippen molar-refractivity contribution >= 4 is 5.97 Å². The van der Waals surface area contributed by atoms with Crippen LogP contribution in [0.25, 0.3) is 0 Å². The fraction of sp³-hybridized carbons (Fsp3) is 0.941. The summed E-state index contributed by atoms with van der Waals surface area (Å²) in [5, 5.41) is 19.0. The van der Waals surface area contributed by atoms with Crippen LogP contribution >= 0.6 is 0 Å². The predicted octanol–water partition coefficient (Wildman–Crippen LogP) is 1.23. The van der Waals surface area contributed by atoms with Gasteiger partial charge in [0.25, 0.3) is 0 Å². The van der Waals surface area contributed by atoms with E-state index in [2.05, 4.69) is 0 Å². The summed E-state index contributed by atoms with van der Waals surface area (Å²) in [6, 6.07) is 0. The van der Waals surface area contributed by atoms with Crippen LogP contribution in [0.15, 0.2) is 0 Å². The summed E-state index contributed by atoms with van der Waals surface area (Å²) in [4.78, 5) is 11.8. The van der Waals surface area contributed by atoms with Gasteiger partial charge in [-0.25, -0.2) is 4.79 Å². The van der Waals surface area contributed by atoms with Gasteiger partial charge in [-0.15, -0.1) is 0 Å². The number of ether oxygens (including phenoxy) is 3. The molecule has 0 aromatic rings. The summed E-state index contributed by atoms with van der Waals surface area (Å²) in [6.45, 7) is 0.0499. The van der Waals surface area contributed by atoms with E-state index in [1.807, 2.05) is 0 Å². The Bertz CT molecular complexity index is 532.